The largest absolute Gasteiger partial charge is 0.480 e. The third-order valence-electron chi connectivity index (χ3n) is 6.15. The van der Waals surface area contributed by atoms with Crippen LogP contribution in [-0.4, -0.2) is 21.8 Å². The van der Waals surface area contributed by atoms with Gasteiger partial charge in [-0.1, -0.05) is 74.5 Å². The normalized spacial score (nSPS) is 11.1. The van der Waals surface area contributed by atoms with Crippen molar-refractivity contribution in [2.45, 2.75) is 20.0 Å². The number of rotatable bonds is 8. The van der Waals surface area contributed by atoms with Gasteiger partial charge in [0, 0.05) is 17.3 Å². The molecule has 4 aromatic carbocycles. The Balaban J connectivity index is 1.41. The third-order valence-corrected chi connectivity index (χ3v) is 6.15. The van der Waals surface area contributed by atoms with Crippen LogP contribution in [-0.2, 0) is 0 Å². The minimum atomic E-state index is -0.424. The zero-order valence-corrected chi connectivity index (χ0v) is 21.1. The molecule has 0 unspecified atom stereocenters. The number of hydrogen-bond acceptors (Lipinski definition) is 4. The number of ketones is 1. The second-order valence-corrected chi connectivity index (χ2v) is 9.26. The average molecular weight is 505 g/mol. The summed E-state index contributed by atoms with van der Waals surface area (Å²) in [6.45, 7) is 3.69. The van der Waals surface area contributed by atoms with Gasteiger partial charge in [-0.25, -0.2) is 9.78 Å². The number of fused-ring (bicyclic) bond motifs is 1. The van der Waals surface area contributed by atoms with Crippen LogP contribution in [0.4, 0.5) is 16.2 Å². The van der Waals surface area contributed by atoms with Crippen LogP contribution in [0.1, 0.15) is 41.4 Å². The summed E-state index contributed by atoms with van der Waals surface area (Å²) in [6, 6.07) is 29.9. The first-order valence-electron chi connectivity index (χ1n) is 12.4. The summed E-state index contributed by atoms with van der Waals surface area (Å²) < 4.78 is 6.52. The van der Waals surface area contributed by atoms with Crippen molar-refractivity contribution in [3.05, 3.63) is 120 Å². The van der Waals surface area contributed by atoms with Crippen molar-refractivity contribution >= 4 is 34.2 Å². The molecule has 5 rings (SSSR count). The number of amides is 2. The zero-order valence-electron chi connectivity index (χ0n) is 21.1. The SMILES string of the molecule is CC(C)C(=O)c1cc(NC(=O)Nc2ccc3nc[nH]c3c2)ccc1OC(c1ccccc1)c1ccccc1. The molecule has 0 aliphatic heterocycles. The summed E-state index contributed by atoms with van der Waals surface area (Å²) >= 11 is 0. The molecule has 1 aromatic heterocycles. The quantitative estimate of drug-likeness (QED) is 0.195. The number of aromatic amines is 1. The van der Waals surface area contributed by atoms with Crippen LogP contribution in [0.2, 0.25) is 0 Å². The first-order valence-corrected chi connectivity index (χ1v) is 12.4. The van der Waals surface area contributed by atoms with Gasteiger partial charge in [0.15, 0.2) is 5.78 Å². The number of Topliss-reactive ketones (excluding diaryl/α,β-unsaturated/α-hetero) is 1. The first kappa shape index (κ1) is 24.8. The number of anilines is 2. The van der Waals surface area contributed by atoms with Gasteiger partial charge in [-0.2, -0.15) is 0 Å². The van der Waals surface area contributed by atoms with Crippen molar-refractivity contribution in [1.29, 1.82) is 0 Å². The van der Waals surface area contributed by atoms with E-state index in [-0.39, 0.29) is 11.7 Å². The molecule has 0 aliphatic rings. The maximum atomic E-state index is 13.2. The van der Waals surface area contributed by atoms with Crippen LogP contribution in [0.5, 0.6) is 5.75 Å². The van der Waals surface area contributed by atoms with E-state index in [0.29, 0.717) is 22.7 Å². The van der Waals surface area contributed by atoms with Gasteiger partial charge in [0.2, 0.25) is 0 Å². The summed E-state index contributed by atoms with van der Waals surface area (Å²) in [6.07, 6.45) is 1.20. The van der Waals surface area contributed by atoms with Gasteiger partial charge in [0.05, 0.1) is 22.9 Å². The number of hydrogen-bond donors (Lipinski definition) is 3. The first-order chi connectivity index (χ1) is 18.5. The Kier molecular flexibility index (Phi) is 7.17. The lowest BCUT2D eigenvalue weighted by Crippen LogP contribution is -2.20. The number of urea groups is 1. The van der Waals surface area contributed by atoms with E-state index >= 15 is 0 Å². The number of benzene rings is 4. The van der Waals surface area contributed by atoms with Crippen molar-refractivity contribution in [2.24, 2.45) is 5.92 Å². The number of carbonyl (C=O) groups is 2. The van der Waals surface area contributed by atoms with Gasteiger partial charge in [-0.15, -0.1) is 0 Å². The zero-order chi connectivity index (χ0) is 26.5. The highest BCUT2D eigenvalue weighted by Crippen LogP contribution is 2.33. The molecule has 7 nitrogen and oxygen atoms in total. The summed E-state index contributed by atoms with van der Waals surface area (Å²) in [7, 11) is 0. The van der Waals surface area contributed by atoms with Crippen LogP contribution >= 0.6 is 0 Å². The highest BCUT2D eigenvalue weighted by molar-refractivity contribution is 6.04. The second-order valence-electron chi connectivity index (χ2n) is 9.26. The van der Waals surface area contributed by atoms with E-state index in [2.05, 4.69) is 20.6 Å². The van der Waals surface area contributed by atoms with E-state index < -0.39 is 12.1 Å². The predicted octanol–water partition coefficient (Wildman–Crippen LogP) is 7.21. The summed E-state index contributed by atoms with van der Waals surface area (Å²) in [5.41, 5.74) is 5.08. The number of H-pyrrole nitrogens is 1. The van der Waals surface area contributed by atoms with Crippen molar-refractivity contribution in [3.63, 3.8) is 0 Å². The topological polar surface area (TPSA) is 96.1 Å². The lowest BCUT2D eigenvalue weighted by molar-refractivity contribution is 0.0933. The molecule has 7 heteroatoms. The third kappa shape index (κ3) is 5.57. The molecular formula is C31H28N4O3. The predicted molar refractivity (Wildman–Crippen MR) is 150 cm³/mol. The van der Waals surface area contributed by atoms with Crippen LogP contribution in [0.3, 0.4) is 0 Å². The maximum absolute atomic E-state index is 13.2. The molecule has 0 saturated carbocycles. The molecular weight excluding hydrogens is 476 g/mol. The van der Waals surface area contributed by atoms with Crippen LogP contribution in [0.15, 0.2) is 103 Å². The number of ether oxygens (including phenoxy) is 1. The fourth-order valence-corrected chi connectivity index (χ4v) is 4.23. The molecule has 0 atom stereocenters. The lowest BCUT2D eigenvalue weighted by Gasteiger charge is -2.22. The minimum absolute atomic E-state index is 0.0753. The molecule has 3 N–H and O–H groups in total. The number of aromatic nitrogens is 2. The van der Waals surface area contributed by atoms with E-state index in [4.69, 9.17) is 4.74 Å². The van der Waals surface area contributed by atoms with E-state index in [1.54, 1.807) is 36.7 Å². The van der Waals surface area contributed by atoms with Gasteiger partial charge < -0.3 is 20.4 Å². The van der Waals surface area contributed by atoms with Crippen molar-refractivity contribution in [3.8, 4) is 5.75 Å². The number of carbonyl (C=O) groups excluding carboxylic acids is 2. The maximum Gasteiger partial charge on any atom is 0.323 e. The van der Waals surface area contributed by atoms with E-state index in [1.807, 2.05) is 80.6 Å². The molecule has 38 heavy (non-hydrogen) atoms. The summed E-state index contributed by atoms with van der Waals surface area (Å²) in [5, 5.41) is 5.65. The monoisotopic (exact) mass is 504 g/mol. The fraction of sp³-hybridized carbons (Fsp3) is 0.129. The Bertz CT molecular complexity index is 1520. The smallest absolute Gasteiger partial charge is 0.323 e. The average Bonchev–Trinajstić information content (AvgIpc) is 3.40. The van der Waals surface area contributed by atoms with Gasteiger partial charge in [-0.05, 0) is 47.5 Å². The highest BCUT2D eigenvalue weighted by atomic mass is 16.5. The molecule has 0 radical (unpaired) electrons. The Hall–Kier alpha value is -4.91. The van der Waals surface area contributed by atoms with Crippen molar-refractivity contribution in [2.75, 3.05) is 10.6 Å². The van der Waals surface area contributed by atoms with Crippen molar-refractivity contribution < 1.29 is 14.3 Å². The Morgan fingerprint density at radius 1 is 0.789 bits per heavy atom. The molecule has 2 amide bonds. The molecule has 190 valence electrons. The van der Waals surface area contributed by atoms with E-state index in [1.165, 1.54) is 0 Å². The van der Waals surface area contributed by atoms with Gasteiger partial charge in [0.25, 0.3) is 0 Å². The van der Waals surface area contributed by atoms with E-state index in [9.17, 15) is 9.59 Å². The Morgan fingerprint density at radius 3 is 2.03 bits per heavy atom. The van der Waals surface area contributed by atoms with Crippen molar-refractivity contribution in [1.82, 2.24) is 9.97 Å². The number of nitrogens with zero attached hydrogens (tertiary/aromatic N) is 1. The molecule has 0 saturated heterocycles. The Morgan fingerprint density at radius 2 is 1.39 bits per heavy atom. The fourth-order valence-electron chi connectivity index (χ4n) is 4.23. The number of nitrogens with one attached hydrogen (secondary N) is 3. The molecule has 0 aliphatic carbocycles. The van der Waals surface area contributed by atoms with Gasteiger partial charge in [0.1, 0.15) is 11.9 Å². The van der Waals surface area contributed by atoms with Crippen LogP contribution in [0.25, 0.3) is 11.0 Å². The molecule has 1 heterocycles. The Labute approximate surface area is 220 Å². The molecule has 0 bridgehead atoms. The summed E-state index contributed by atoms with van der Waals surface area (Å²) in [4.78, 5) is 33.2. The van der Waals surface area contributed by atoms with Gasteiger partial charge >= 0.3 is 6.03 Å². The standard InChI is InChI=1S/C31H28N4O3/c1-20(2)29(36)25-17-23(34-31(37)35-24-13-15-26-27(18-24)33-19-32-26)14-16-28(25)38-30(21-9-5-3-6-10-21)22-11-7-4-8-12-22/h3-20,30H,1-2H3,(H,32,33)(H2,34,35,37). The molecule has 0 spiro atoms. The second kappa shape index (κ2) is 11.0. The molecule has 5 aromatic rings. The van der Waals surface area contributed by atoms with Crippen LogP contribution < -0.4 is 15.4 Å². The molecule has 0 fully saturated rings. The summed E-state index contributed by atoms with van der Waals surface area (Å²) in [5.74, 6) is 0.125. The number of imidazole rings is 1. The van der Waals surface area contributed by atoms with E-state index in [0.717, 1.165) is 22.2 Å². The lowest BCUT2D eigenvalue weighted by atomic mass is 9.98. The minimum Gasteiger partial charge on any atom is -0.480 e. The van der Waals surface area contributed by atoms with Gasteiger partial charge in [-0.3, -0.25) is 4.79 Å². The highest BCUT2D eigenvalue weighted by Gasteiger charge is 2.22. The van der Waals surface area contributed by atoms with Crippen LogP contribution in [0, 0.1) is 5.92 Å².